The molecule has 116 valence electrons. The van der Waals surface area contributed by atoms with Gasteiger partial charge in [0.2, 0.25) is 5.82 Å². The summed E-state index contributed by atoms with van der Waals surface area (Å²) in [7, 11) is 0. The number of hydrogen-bond donors (Lipinski definition) is 0. The van der Waals surface area contributed by atoms with Crippen LogP contribution in [-0.4, -0.2) is 6.61 Å². The second kappa shape index (κ2) is 7.01. The van der Waals surface area contributed by atoms with E-state index in [9.17, 15) is 13.2 Å². The normalized spacial score (nSPS) is 23.2. The van der Waals surface area contributed by atoms with E-state index in [1.165, 1.54) is 13.0 Å². The predicted molar refractivity (Wildman–Crippen MR) is 77.1 cm³/mol. The molecule has 0 atom stereocenters. The Morgan fingerprint density at radius 1 is 1.19 bits per heavy atom. The lowest BCUT2D eigenvalue weighted by Crippen LogP contribution is -2.14. The highest BCUT2D eigenvalue weighted by atomic mass is 19.2. The summed E-state index contributed by atoms with van der Waals surface area (Å²) in [4.78, 5) is 0. The first-order valence-corrected chi connectivity index (χ1v) is 7.47. The zero-order chi connectivity index (χ0) is 15.4. The quantitative estimate of drug-likeness (QED) is 0.712. The lowest BCUT2D eigenvalue weighted by molar-refractivity contribution is 0.309. The first kappa shape index (κ1) is 15.9. The molecule has 21 heavy (non-hydrogen) atoms. The van der Waals surface area contributed by atoms with Gasteiger partial charge in [-0.3, -0.25) is 0 Å². The van der Waals surface area contributed by atoms with E-state index in [-0.39, 0.29) is 23.4 Å². The van der Waals surface area contributed by atoms with Crippen LogP contribution in [0.15, 0.2) is 24.0 Å². The van der Waals surface area contributed by atoms with Gasteiger partial charge in [-0.05, 0) is 63.0 Å². The standard InChI is InChI=1S/C17H21F3O/c1-3-21-15-9-8-14(16(19)17(15)20)13-6-4-12(5-7-13)10-11(2)18/h8-10,12-13H,3-7H2,1-2H3/b11-10-. The molecule has 0 heterocycles. The predicted octanol–water partition coefficient (Wildman–Crippen LogP) is 5.51. The Hall–Kier alpha value is -1.45. The Labute approximate surface area is 123 Å². The minimum atomic E-state index is -0.907. The topological polar surface area (TPSA) is 9.23 Å². The summed E-state index contributed by atoms with van der Waals surface area (Å²) in [5.74, 6) is -1.71. The molecule has 0 unspecified atom stereocenters. The lowest BCUT2D eigenvalue weighted by Gasteiger charge is -2.27. The van der Waals surface area contributed by atoms with E-state index in [1.54, 1.807) is 19.1 Å². The van der Waals surface area contributed by atoms with Gasteiger partial charge >= 0.3 is 0 Å². The van der Waals surface area contributed by atoms with Crippen molar-refractivity contribution in [1.82, 2.24) is 0 Å². The van der Waals surface area contributed by atoms with Crippen molar-refractivity contribution >= 4 is 0 Å². The van der Waals surface area contributed by atoms with E-state index in [1.807, 2.05) is 0 Å². The Bertz CT molecular complexity index is 513. The number of hydrogen-bond acceptors (Lipinski definition) is 1. The van der Waals surface area contributed by atoms with Crippen LogP contribution in [0.3, 0.4) is 0 Å². The summed E-state index contributed by atoms with van der Waals surface area (Å²) in [5, 5.41) is 0. The molecule has 1 nitrogen and oxygen atoms in total. The minimum absolute atomic E-state index is 0.000237. The molecular formula is C17H21F3O. The molecule has 1 fully saturated rings. The summed E-state index contributed by atoms with van der Waals surface area (Å²) < 4.78 is 46.0. The maximum Gasteiger partial charge on any atom is 0.200 e. The van der Waals surface area contributed by atoms with Gasteiger partial charge in [-0.15, -0.1) is 0 Å². The summed E-state index contributed by atoms with van der Waals surface area (Å²) in [6.07, 6.45) is 4.74. The first-order chi connectivity index (χ1) is 10.0. The van der Waals surface area contributed by atoms with E-state index in [0.717, 1.165) is 25.7 Å². The maximum atomic E-state index is 14.2. The van der Waals surface area contributed by atoms with Crippen LogP contribution >= 0.6 is 0 Å². The molecule has 0 N–H and O–H groups in total. The molecule has 1 aromatic carbocycles. The zero-order valence-electron chi connectivity index (χ0n) is 12.5. The average molecular weight is 298 g/mol. The zero-order valence-corrected chi connectivity index (χ0v) is 12.5. The largest absolute Gasteiger partial charge is 0.491 e. The molecule has 0 bridgehead atoms. The number of halogens is 3. The van der Waals surface area contributed by atoms with E-state index in [4.69, 9.17) is 4.74 Å². The summed E-state index contributed by atoms with van der Waals surface area (Å²) in [6.45, 7) is 3.47. The molecule has 0 spiro atoms. The third kappa shape index (κ3) is 3.80. The SMILES string of the molecule is CCOc1ccc(C2CCC(/C=C(/C)F)CC2)c(F)c1F. The van der Waals surface area contributed by atoms with Crippen LogP contribution in [0.2, 0.25) is 0 Å². The first-order valence-electron chi connectivity index (χ1n) is 7.47. The molecule has 1 aliphatic carbocycles. The fraction of sp³-hybridized carbons (Fsp3) is 0.529. The molecule has 0 amide bonds. The summed E-state index contributed by atoms with van der Waals surface area (Å²) >= 11 is 0. The fourth-order valence-electron chi connectivity index (χ4n) is 3.05. The number of benzene rings is 1. The van der Waals surface area contributed by atoms with Crippen LogP contribution in [0.1, 0.15) is 51.0 Å². The summed E-state index contributed by atoms with van der Waals surface area (Å²) in [5.41, 5.74) is 0.412. The van der Waals surface area contributed by atoms with Gasteiger partial charge in [0.1, 0.15) is 0 Å². The molecule has 1 aliphatic rings. The molecule has 4 heteroatoms. The Morgan fingerprint density at radius 2 is 1.86 bits per heavy atom. The van der Waals surface area contributed by atoms with Crippen molar-refractivity contribution < 1.29 is 17.9 Å². The highest BCUT2D eigenvalue weighted by Gasteiger charge is 2.26. The third-order valence-corrected chi connectivity index (χ3v) is 4.05. The Kier molecular flexibility index (Phi) is 5.32. The fourth-order valence-corrected chi connectivity index (χ4v) is 3.05. The van der Waals surface area contributed by atoms with Crippen LogP contribution in [0, 0.1) is 17.6 Å². The average Bonchev–Trinajstić information content (AvgIpc) is 2.45. The van der Waals surface area contributed by atoms with Gasteiger partial charge in [0.05, 0.1) is 12.4 Å². The van der Waals surface area contributed by atoms with Gasteiger partial charge in [0.25, 0.3) is 0 Å². The second-order valence-corrected chi connectivity index (χ2v) is 5.58. The van der Waals surface area contributed by atoms with Crippen molar-refractivity contribution in [3.05, 3.63) is 41.2 Å². The van der Waals surface area contributed by atoms with Gasteiger partial charge in [-0.1, -0.05) is 12.1 Å². The van der Waals surface area contributed by atoms with Crippen LogP contribution in [-0.2, 0) is 0 Å². The van der Waals surface area contributed by atoms with Crippen LogP contribution in [0.5, 0.6) is 5.75 Å². The molecule has 0 saturated heterocycles. The van der Waals surface area contributed by atoms with E-state index < -0.39 is 11.6 Å². The molecule has 1 saturated carbocycles. The summed E-state index contributed by atoms with van der Waals surface area (Å²) in [6, 6.07) is 3.11. The van der Waals surface area contributed by atoms with Gasteiger partial charge < -0.3 is 4.74 Å². The van der Waals surface area contributed by atoms with Crippen LogP contribution in [0.4, 0.5) is 13.2 Å². The molecule has 0 radical (unpaired) electrons. The van der Waals surface area contributed by atoms with E-state index in [0.29, 0.717) is 12.2 Å². The molecule has 0 aromatic heterocycles. The van der Waals surface area contributed by atoms with Crippen molar-refractivity contribution in [1.29, 1.82) is 0 Å². The Balaban J connectivity index is 2.10. The molecule has 1 aromatic rings. The van der Waals surface area contributed by atoms with Crippen LogP contribution < -0.4 is 4.74 Å². The molecular weight excluding hydrogens is 277 g/mol. The van der Waals surface area contributed by atoms with Gasteiger partial charge in [-0.2, -0.15) is 4.39 Å². The smallest absolute Gasteiger partial charge is 0.200 e. The number of rotatable bonds is 4. The van der Waals surface area contributed by atoms with Crippen molar-refractivity contribution in [2.75, 3.05) is 6.61 Å². The lowest BCUT2D eigenvalue weighted by atomic mass is 9.78. The van der Waals surface area contributed by atoms with Crippen molar-refractivity contribution in [3.8, 4) is 5.75 Å². The van der Waals surface area contributed by atoms with Crippen molar-refractivity contribution in [3.63, 3.8) is 0 Å². The number of allylic oxidation sites excluding steroid dienone is 2. The highest BCUT2D eigenvalue weighted by molar-refractivity contribution is 5.33. The highest BCUT2D eigenvalue weighted by Crippen LogP contribution is 2.39. The number of ether oxygens (including phenoxy) is 1. The molecule has 0 aliphatic heterocycles. The van der Waals surface area contributed by atoms with Gasteiger partial charge in [0, 0.05) is 0 Å². The van der Waals surface area contributed by atoms with Crippen LogP contribution in [0.25, 0.3) is 0 Å². The van der Waals surface area contributed by atoms with Gasteiger partial charge in [-0.25, -0.2) is 8.78 Å². The third-order valence-electron chi connectivity index (χ3n) is 4.05. The second-order valence-electron chi connectivity index (χ2n) is 5.58. The van der Waals surface area contributed by atoms with Crippen molar-refractivity contribution in [2.45, 2.75) is 45.4 Å². The van der Waals surface area contributed by atoms with Gasteiger partial charge in [0.15, 0.2) is 11.6 Å². The molecule has 2 rings (SSSR count). The monoisotopic (exact) mass is 298 g/mol. The van der Waals surface area contributed by atoms with E-state index in [2.05, 4.69) is 0 Å². The van der Waals surface area contributed by atoms with E-state index >= 15 is 0 Å². The Morgan fingerprint density at radius 3 is 2.43 bits per heavy atom. The maximum absolute atomic E-state index is 14.2. The van der Waals surface area contributed by atoms with Crippen molar-refractivity contribution in [2.24, 2.45) is 5.92 Å². The minimum Gasteiger partial charge on any atom is -0.491 e.